The highest BCUT2D eigenvalue weighted by Crippen LogP contribution is 2.16. The predicted molar refractivity (Wildman–Crippen MR) is 88.0 cm³/mol. The lowest BCUT2D eigenvalue weighted by molar-refractivity contribution is -0.167. The third-order valence-corrected chi connectivity index (χ3v) is 3.23. The summed E-state index contributed by atoms with van der Waals surface area (Å²) in [6.45, 7) is 2.67. The SMILES string of the molecule is CCOC(=O)C[C@@](NC(=O)OCc1ccccc1)(C(=O)O)C(=O)OCC. The van der Waals surface area contributed by atoms with Crippen LogP contribution in [0.3, 0.4) is 0 Å². The Morgan fingerprint density at radius 3 is 2.15 bits per heavy atom. The molecule has 0 aliphatic carbocycles. The van der Waals surface area contributed by atoms with Gasteiger partial charge < -0.3 is 19.3 Å². The fourth-order valence-corrected chi connectivity index (χ4v) is 2.00. The number of carbonyl (C=O) groups excluding carboxylic acids is 3. The summed E-state index contributed by atoms with van der Waals surface area (Å²) in [5, 5.41) is 11.4. The zero-order chi connectivity index (χ0) is 19.6. The number of amides is 1. The number of carboxylic acid groups (broad SMARTS) is 1. The standard InChI is InChI=1S/C17H21NO8/c1-3-24-13(19)10-17(14(20)21,15(22)25-4-2)18-16(23)26-11-12-8-6-5-7-9-12/h5-9H,3-4,10-11H2,1-2H3,(H,18,23)(H,20,21)/t17-/m1/s1. The van der Waals surface area contributed by atoms with Crippen LogP contribution in [0.5, 0.6) is 0 Å². The maximum absolute atomic E-state index is 12.2. The number of benzene rings is 1. The van der Waals surface area contributed by atoms with Gasteiger partial charge in [0.15, 0.2) is 0 Å². The Labute approximate surface area is 150 Å². The molecule has 0 saturated carbocycles. The van der Waals surface area contributed by atoms with Crippen molar-refractivity contribution >= 4 is 24.0 Å². The van der Waals surface area contributed by atoms with E-state index in [0.29, 0.717) is 5.56 Å². The number of ether oxygens (including phenoxy) is 3. The van der Waals surface area contributed by atoms with Gasteiger partial charge >= 0.3 is 24.0 Å². The Hall–Kier alpha value is -3.10. The summed E-state index contributed by atoms with van der Waals surface area (Å²) in [5.74, 6) is -4.04. The Morgan fingerprint density at radius 1 is 1.00 bits per heavy atom. The number of nitrogens with one attached hydrogen (secondary N) is 1. The van der Waals surface area contributed by atoms with Gasteiger partial charge in [-0.25, -0.2) is 14.4 Å². The molecule has 0 aromatic heterocycles. The second-order valence-corrected chi connectivity index (χ2v) is 5.10. The molecular weight excluding hydrogens is 346 g/mol. The lowest BCUT2D eigenvalue weighted by Gasteiger charge is -2.26. The first-order chi connectivity index (χ1) is 12.4. The zero-order valence-corrected chi connectivity index (χ0v) is 14.5. The molecule has 1 rings (SSSR count). The van der Waals surface area contributed by atoms with Crippen molar-refractivity contribution in [1.29, 1.82) is 0 Å². The maximum Gasteiger partial charge on any atom is 0.408 e. The maximum atomic E-state index is 12.2. The van der Waals surface area contributed by atoms with Crippen molar-refractivity contribution in [1.82, 2.24) is 5.32 Å². The second kappa shape index (κ2) is 10.0. The number of hydrogen-bond acceptors (Lipinski definition) is 7. The Morgan fingerprint density at radius 2 is 1.62 bits per heavy atom. The molecule has 0 heterocycles. The number of aliphatic carboxylic acids is 1. The van der Waals surface area contributed by atoms with Crippen molar-refractivity contribution in [2.45, 2.75) is 32.4 Å². The van der Waals surface area contributed by atoms with Crippen molar-refractivity contribution in [2.24, 2.45) is 0 Å². The summed E-state index contributed by atoms with van der Waals surface area (Å²) in [5.41, 5.74) is -1.99. The minimum atomic E-state index is -2.64. The van der Waals surface area contributed by atoms with Crippen molar-refractivity contribution in [3.63, 3.8) is 0 Å². The highest BCUT2D eigenvalue weighted by Gasteiger charge is 2.52. The van der Waals surface area contributed by atoms with Gasteiger partial charge in [0, 0.05) is 0 Å². The van der Waals surface area contributed by atoms with E-state index in [1.54, 1.807) is 30.3 Å². The van der Waals surface area contributed by atoms with E-state index in [4.69, 9.17) is 9.47 Å². The molecule has 0 aliphatic rings. The van der Waals surface area contributed by atoms with Crippen LogP contribution in [0.2, 0.25) is 0 Å². The van der Waals surface area contributed by atoms with Gasteiger partial charge in [0.1, 0.15) is 6.61 Å². The first kappa shape index (κ1) is 20.9. The molecule has 1 aromatic rings. The first-order valence-corrected chi connectivity index (χ1v) is 7.90. The van der Waals surface area contributed by atoms with E-state index in [-0.39, 0.29) is 19.8 Å². The molecule has 0 fully saturated rings. The molecule has 142 valence electrons. The first-order valence-electron chi connectivity index (χ1n) is 7.90. The second-order valence-electron chi connectivity index (χ2n) is 5.10. The molecule has 0 bridgehead atoms. The van der Waals surface area contributed by atoms with Crippen LogP contribution in [-0.2, 0) is 35.2 Å². The van der Waals surface area contributed by atoms with E-state index in [0.717, 1.165) is 0 Å². The van der Waals surface area contributed by atoms with E-state index in [1.165, 1.54) is 13.8 Å². The van der Waals surface area contributed by atoms with E-state index in [2.05, 4.69) is 4.74 Å². The predicted octanol–water partition coefficient (Wildman–Crippen LogP) is 1.25. The van der Waals surface area contributed by atoms with Gasteiger partial charge in [0.05, 0.1) is 19.6 Å². The van der Waals surface area contributed by atoms with Gasteiger partial charge in [-0.15, -0.1) is 0 Å². The van der Waals surface area contributed by atoms with Crippen LogP contribution in [0.4, 0.5) is 4.79 Å². The molecule has 26 heavy (non-hydrogen) atoms. The third kappa shape index (κ3) is 5.76. The average Bonchev–Trinajstić information content (AvgIpc) is 2.60. The third-order valence-electron chi connectivity index (χ3n) is 3.23. The van der Waals surface area contributed by atoms with Crippen LogP contribution in [0.15, 0.2) is 30.3 Å². The summed E-state index contributed by atoms with van der Waals surface area (Å²) in [7, 11) is 0. The molecule has 1 atom stereocenters. The average molecular weight is 367 g/mol. The van der Waals surface area contributed by atoms with Crippen molar-refractivity contribution < 1.29 is 38.5 Å². The highest BCUT2D eigenvalue weighted by molar-refractivity contribution is 6.09. The Bertz CT molecular complexity index is 645. The summed E-state index contributed by atoms with van der Waals surface area (Å²) in [6, 6.07) is 8.64. The number of carbonyl (C=O) groups is 4. The number of carboxylic acids is 1. The summed E-state index contributed by atoms with van der Waals surface area (Å²) in [4.78, 5) is 47.7. The molecule has 2 N–H and O–H groups in total. The van der Waals surface area contributed by atoms with Gasteiger partial charge in [-0.1, -0.05) is 30.3 Å². The lowest BCUT2D eigenvalue weighted by Crippen LogP contribution is -2.62. The Balaban J connectivity index is 2.94. The molecule has 0 aliphatic heterocycles. The zero-order valence-electron chi connectivity index (χ0n) is 14.5. The quantitative estimate of drug-likeness (QED) is 0.379. The number of hydrogen-bond donors (Lipinski definition) is 2. The minimum absolute atomic E-state index is 0.0180. The molecule has 9 nitrogen and oxygen atoms in total. The topological polar surface area (TPSA) is 128 Å². The molecule has 9 heteroatoms. The molecule has 1 aromatic carbocycles. The van der Waals surface area contributed by atoms with Gasteiger partial charge in [0.25, 0.3) is 0 Å². The largest absolute Gasteiger partial charge is 0.479 e. The molecule has 1 amide bonds. The van der Waals surface area contributed by atoms with Crippen LogP contribution in [0.25, 0.3) is 0 Å². The molecular formula is C17H21NO8. The Kier molecular flexibility index (Phi) is 8.07. The van der Waals surface area contributed by atoms with E-state index >= 15 is 0 Å². The molecule has 0 unspecified atom stereocenters. The molecule has 0 spiro atoms. The van der Waals surface area contributed by atoms with Crippen LogP contribution >= 0.6 is 0 Å². The van der Waals surface area contributed by atoms with Gasteiger partial charge in [-0.3, -0.25) is 10.1 Å². The van der Waals surface area contributed by atoms with Crippen molar-refractivity contribution in [3.05, 3.63) is 35.9 Å². The fraction of sp³-hybridized carbons (Fsp3) is 0.412. The van der Waals surface area contributed by atoms with E-state index < -0.39 is 36.0 Å². The van der Waals surface area contributed by atoms with E-state index in [1.807, 2.05) is 5.32 Å². The molecule has 0 radical (unpaired) electrons. The number of esters is 2. The van der Waals surface area contributed by atoms with Gasteiger partial charge in [-0.05, 0) is 19.4 Å². The summed E-state index contributed by atoms with van der Waals surface area (Å²) < 4.78 is 14.3. The number of rotatable bonds is 9. The van der Waals surface area contributed by atoms with Crippen LogP contribution in [0, 0.1) is 0 Å². The van der Waals surface area contributed by atoms with Crippen LogP contribution in [0.1, 0.15) is 25.8 Å². The van der Waals surface area contributed by atoms with Crippen LogP contribution < -0.4 is 5.32 Å². The van der Waals surface area contributed by atoms with Crippen molar-refractivity contribution in [2.75, 3.05) is 13.2 Å². The minimum Gasteiger partial charge on any atom is -0.479 e. The highest BCUT2D eigenvalue weighted by atomic mass is 16.6. The lowest BCUT2D eigenvalue weighted by atomic mass is 9.95. The number of alkyl carbamates (subject to hydrolysis) is 1. The monoisotopic (exact) mass is 367 g/mol. The summed E-state index contributed by atoms with van der Waals surface area (Å²) >= 11 is 0. The smallest absolute Gasteiger partial charge is 0.408 e. The fourth-order valence-electron chi connectivity index (χ4n) is 2.00. The van der Waals surface area contributed by atoms with Crippen molar-refractivity contribution in [3.8, 4) is 0 Å². The van der Waals surface area contributed by atoms with Crippen LogP contribution in [-0.4, -0.2) is 47.9 Å². The molecule has 0 saturated heterocycles. The summed E-state index contributed by atoms with van der Waals surface area (Å²) in [6.07, 6.45) is -2.12. The van der Waals surface area contributed by atoms with Gasteiger partial charge in [-0.2, -0.15) is 0 Å². The van der Waals surface area contributed by atoms with E-state index in [9.17, 15) is 24.3 Å². The normalized spacial score (nSPS) is 12.4. The van der Waals surface area contributed by atoms with Gasteiger partial charge in [0.2, 0.25) is 5.54 Å².